The molecule has 0 aliphatic heterocycles. The van der Waals surface area contributed by atoms with E-state index in [1.807, 2.05) is 0 Å². The van der Waals surface area contributed by atoms with E-state index in [9.17, 15) is 4.79 Å². The van der Waals surface area contributed by atoms with Gasteiger partial charge in [-0.25, -0.2) is 0 Å². The summed E-state index contributed by atoms with van der Waals surface area (Å²) < 4.78 is 0. The van der Waals surface area contributed by atoms with Gasteiger partial charge in [-0.1, -0.05) is 35.3 Å². The van der Waals surface area contributed by atoms with Crippen molar-refractivity contribution in [3.63, 3.8) is 0 Å². The molecule has 0 aliphatic carbocycles. The van der Waals surface area contributed by atoms with Crippen LogP contribution in [-0.4, -0.2) is 17.6 Å². The lowest BCUT2D eigenvalue weighted by Crippen LogP contribution is -2.28. The van der Waals surface area contributed by atoms with Crippen molar-refractivity contribution in [3.05, 3.63) is 46.5 Å². The van der Waals surface area contributed by atoms with Crippen LogP contribution in [-0.2, 0) is 4.79 Å². The van der Waals surface area contributed by atoms with E-state index in [0.29, 0.717) is 22.2 Å². The summed E-state index contributed by atoms with van der Waals surface area (Å²) in [4.78, 5) is 11.1. The van der Waals surface area contributed by atoms with Crippen molar-refractivity contribution in [1.82, 2.24) is 5.32 Å². The number of halogens is 2. The summed E-state index contributed by atoms with van der Waals surface area (Å²) in [6.07, 6.45) is 1.58. The third-order valence-electron chi connectivity index (χ3n) is 1.99. The van der Waals surface area contributed by atoms with Crippen LogP contribution < -0.4 is 5.32 Å². The molecule has 1 rings (SSSR count). The first-order valence-electron chi connectivity index (χ1n) is 4.58. The van der Waals surface area contributed by atoms with Gasteiger partial charge >= 0.3 is 5.97 Å². The highest BCUT2D eigenvalue weighted by molar-refractivity contribution is 6.35. The normalized spacial score (nSPS) is 12.1. The highest BCUT2D eigenvalue weighted by Crippen LogP contribution is 2.26. The molecular weight excluding hydrogens is 249 g/mol. The number of benzene rings is 1. The van der Waals surface area contributed by atoms with E-state index in [0.717, 1.165) is 0 Å². The molecule has 1 aromatic rings. The lowest BCUT2D eigenvalue weighted by molar-refractivity contribution is -0.139. The number of hydrogen-bond donors (Lipinski definition) is 2. The lowest BCUT2D eigenvalue weighted by atomic mass is 10.1. The third-order valence-corrected chi connectivity index (χ3v) is 2.55. The Morgan fingerprint density at radius 2 is 2.25 bits per heavy atom. The zero-order valence-corrected chi connectivity index (χ0v) is 9.92. The molecule has 16 heavy (non-hydrogen) atoms. The predicted molar refractivity (Wildman–Crippen MR) is 65.0 cm³/mol. The molecule has 0 radical (unpaired) electrons. The van der Waals surface area contributed by atoms with Crippen molar-refractivity contribution in [2.75, 3.05) is 6.54 Å². The van der Waals surface area contributed by atoms with E-state index in [1.54, 1.807) is 18.2 Å². The minimum absolute atomic E-state index is 0.330. The Hall–Kier alpha value is -1.03. The van der Waals surface area contributed by atoms with Crippen LogP contribution in [0.3, 0.4) is 0 Å². The molecule has 1 unspecified atom stereocenters. The maximum absolute atomic E-state index is 11.1. The molecule has 3 nitrogen and oxygen atoms in total. The quantitative estimate of drug-likeness (QED) is 0.800. The molecule has 0 saturated carbocycles. The Bertz CT molecular complexity index is 407. The Kier molecular flexibility index (Phi) is 4.80. The van der Waals surface area contributed by atoms with Crippen LogP contribution in [0.1, 0.15) is 11.6 Å². The third kappa shape index (κ3) is 3.23. The molecule has 0 bridgehead atoms. The molecular formula is C11H11Cl2NO2. The van der Waals surface area contributed by atoms with Gasteiger partial charge in [0.05, 0.1) is 0 Å². The van der Waals surface area contributed by atoms with Crippen molar-refractivity contribution in [1.29, 1.82) is 0 Å². The molecule has 0 saturated heterocycles. The number of carboxylic acid groups (broad SMARTS) is 1. The van der Waals surface area contributed by atoms with Gasteiger partial charge in [0.1, 0.15) is 6.04 Å². The van der Waals surface area contributed by atoms with E-state index >= 15 is 0 Å². The molecule has 86 valence electrons. The molecule has 2 N–H and O–H groups in total. The fraction of sp³-hybridized carbons (Fsp3) is 0.182. The van der Waals surface area contributed by atoms with Crippen LogP contribution in [0, 0.1) is 0 Å². The monoisotopic (exact) mass is 259 g/mol. The largest absolute Gasteiger partial charge is 0.480 e. The first kappa shape index (κ1) is 13.0. The topological polar surface area (TPSA) is 49.3 Å². The summed E-state index contributed by atoms with van der Waals surface area (Å²) in [6.45, 7) is 3.90. The molecule has 1 atom stereocenters. The number of rotatable bonds is 5. The molecule has 0 heterocycles. The summed E-state index contributed by atoms with van der Waals surface area (Å²) >= 11 is 11.7. The highest BCUT2D eigenvalue weighted by Gasteiger charge is 2.21. The van der Waals surface area contributed by atoms with Gasteiger partial charge in [0, 0.05) is 16.6 Å². The fourth-order valence-corrected chi connectivity index (χ4v) is 1.78. The maximum atomic E-state index is 11.1. The van der Waals surface area contributed by atoms with E-state index < -0.39 is 12.0 Å². The fourth-order valence-electron chi connectivity index (χ4n) is 1.27. The predicted octanol–water partition coefficient (Wildman–Crippen LogP) is 2.89. The second kappa shape index (κ2) is 5.89. The molecule has 0 spiro atoms. The van der Waals surface area contributed by atoms with Gasteiger partial charge < -0.3 is 5.11 Å². The van der Waals surface area contributed by atoms with Crippen LogP contribution in [0.15, 0.2) is 30.9 Å². The van der Waals surface area contributed by atoms with Gasteiger partial charge in [0.15, 0.2) is 0 Å². The highest BCUT2D eigenvalue weighted by atomic mass is 35.5. The van der Waals surface area contributed by atoms with Crippen molar-refractivity contribution in [2.24, 2.45) is 0 Å². The average Bonchev–Trinajstić information content (AvgIpc) is 2.20. The summed E-state index contributed by atoms with van der Waals surface area (Å²) in [6, 6.07) is 3.86. The smallest absolute Gasteiger partial charge is 0.325 e. The SMILES string of the molecule is C=CCNC(C(=O)O)c1ccc(Cl)cc1Cl. The molecule has 0 fully saturated rings. The summed E-state index contributed by atoms with van der Waals surface area (Å²) in [5.74, 6) is -0.994. The first-order valence-corrected chi connectivity index (χ1v) is 5.34. The molecule has 5 heteroatoms. The number of nitrogens with one attached hydrogen (secondary N) is 1. The maximum Gasteiger partial charge on any atom is 0.325 e. The van der Waals surface area contributed by atoms with Crippen LogP contribution in [0.4, 0.5) is 0 Å². The molecule has 0 aliphatic rings. The minimum Gasteiger partial charge on any atom is -0.480 e. The second-order valence-corrected chi connectivity index (χ2v) is 3.98. The van der Waals surface area contributed by atoms with E-state index in [1.165, 1.54) is 6.07 Å². The number of hydrogen-bond acceptors (Lipinski definition) is 2. The Balaban J connectivity index is 3.00. The number of carbonyl (C=O) groups is 1. The Morgan fingerprint density at radius 1 is 1.56 bits per heavy atom. The number of carboxylic acids is 1. The van der Waals surface area contributed by atoms with E-state index in [2.05, 4.69) is 11.9 Å². The first-order chi connectivity index (χ1) is 7.56. The zero-order chi connectivity index (χ0) is 12.1. The minimum atomic E-state index is -0.994. The van der Waals surface area contributed by atoms with Crippen molar-refractivity contribution in [3.8, 4) is 0 Å². The van der Waals surface area contributed by atoms with Gasteiger partial charge in [0.2, 0.25) is 0 Å². The summed E-state index contributed by atoms with van der Waals surface area (Å²) in [5, 5.41) is 12.7. The summed E-state index contributed by atoms with van der Waals surface area (Å²) in [5.41, 5.74) is 0.486. The summed E-state index contributed by atoms with van der Waals surface area (Å²) in [7, 11) is 0. The van der Waals surface area contributed by atoms with Gasteiger partial charge in [-0.2, -0.15) is 0 Å². The van der Waals surface area contributed by atoms with E-state index in [-0.39, 0.29) is 0 Å². The van der Waals surface area contributed by atoms with Crippen LogP contribution in [0.2, 0.25) is 10.0 Å². The Morgan fingerprint density at radius 3 is 2.75 bits per heavy atom. The van der Waals surface area contributed by atoms with Crippen LogP contribution >= 0.6 is 23.2 Å². The van der Waals surface area contributed by atoms with Crippen LogP contribution in [0.5, 0.6) is 0 Å². The van der Waals surface area contributed by atoms with Gasteiger partial charge in [0.25, 0.3) is 0 Å². The van der Waals surface area contributed by atoms with Gasteiger partial charge in [-0.05, 0) is 17.7 Å². The zero-order valence-electron chi connectivity index (χ0n) is 8.41. The van der Waals surface area contributed by atoms with Gasteiger partial charge in [-0.3, -0.25) is 10.1 Å². The molecule has 0 amide bonds. The second-order valence-electron chi connectivity index (χ2n) is 3.13. The van der Waals surface area contributed by atoms with Crippen LogP contribution in [0.25, 0.3) is 0 Å². The van der Waals surface area contributed by atoms with Crippen molar-refractivity contribution < 1.29 is 9.90 Å². The Labute approximate surface area is 104 Å². The van der Waals surface area contributed by atoms with E-state index in [4.69, 9.17) is 28.3 Å². The lowest BCUT2D eigenvalue weighted by Gasteiger charge is -2.15. The van der Waals surface area contributed by atoms with Crippen molar-refractivity contribution in [2.45, 2.75) is 6.04 Å². The van der Waals surface area contributed by atoms with Crippen molar-refractivity contribution >= 4 is 29.2 Å². The number of aliphatic carboxylic acids is 1. The molecule has 1 aromatic carbocycles. The standard InChI is InChI=1S/C11H11Cl2NO2/c1-2-5-14-10(11(15)16)8-4-3-7(12)6-9(8)13/h2-4,6,10,14H,1,5H2,(H,15,16). The molecule has 0 aromatic heterocycles. The average molecular weight is 260 g/mol. The van der Waals surface area contributed by atoms with Gasteiger partial charge in [-0.15, -0.1) is 6.58 Å².